The van der Waals surface area contributed by atoms with Crippen LogP contribution in [0.3, 0.4) is 0 Å². The van der Waals surface area contributed by atoms with Crippen LogP contribution in [-0.2, 0) is 10.6 Å². The summed E-state index contributed by atoms with van der Waals surface area (Å²) >= 11 is 18.1. The van der Waals surface area contributed by atoms with Gasteiger partial charge < -0.3 is 4.43 Å². The highest BCUT2D eigenvalue weighted by Gasteiger charge is 2.43. The lowest BCUT2D eigenvalue weighted by Crippen LogP contribution is -2.46. The predicted octanol–water partition coefficient (Wildman–Crippen LogP) is 7.48. The molecular formula is C17H22Cl3F3OSi. The molecule has 0 radical (unpaired) electrons. The zero-order valence-corrected chi connectivity index (χ0v) is 18.0. The Labute approximate surface area is 163 Å². The standard InChI is InChI=1S/C17H22Cl3F3OSi/c1-15(2,3)25(4,5)24-14(16(18,19)20)11-8-12-6-9-13(10-7-12)17(21,22)23/h6-11,14H,1-5H3/b11-8+/t14-/m1/s1. The van der Waals surface area contributed by atoms with Gasteiger partial charge in [0.15, 0.2) is 8.32 Å². The molecule has 1 nitrogen and oxygen atoms in total. The fourth-order valence-corrected chi connectivity index (χ4v) is 3.51. The summed E-state index contributed by atoms with van der Waals surface area (Å²) in [5.41, 5.74) is -0.147. The van der Waals surface area contributed by atoms with Crippen molar-refractivity contribution < 1.29 is 17.6 Å². The molecule has 1 aromatic carbocycles. The minimum absolute atomic E-state index is 0.0800. The van der Waals surface area contributed by atoms with E-state index in [4.69, 9.17) is 39.2 Å². The summed E-state index contributed by atoms with van der Waals surface area (Å²) in [6.07, 6.45) is -2.00. The lowest BCUT2D eigenvalue weighted by molar-refractivity contribution is -0.137. The van der Waals surface area contributed by atoms with Gasteiger partial charge in [0.05, 0.1) is 5.56 Å². The lowest BCUT2D eigenvalue weighted by Gasteiger charge is -2.40. The van der Waals surface area contributed by atoms with Crippen LogP contribution in [0.4, 0.5) is 13.2 Å². The summed E-state index contributed by atoms with van der Waals surface area (Å²) in [4.78, 5) is 0. The third-order valence-corrected chi connectivity index (χ3v) is 9.35. The van der Waals surface area contributed by atoms with Gasteiger partial charge in [-0.1, -0.05) is 79.9 Å². The molecule has 1 aromatic rings. The number of hydrogen-bond donors (Lipinski definition) is 0. The zero-order valence-electron chi connectivity index (χ0n) is 14.7. The first kappa shape index (κ1) is 22.8. The zero-order chi connectivity index (χ0) is 19.7. The molecule has 0 spiro atoms. The van der Waals surface area contributed by atoms with Gasteiger partial charge in [-0.3, -0.25) is 0 Å². The fraction of sp³-hybridized carbons (Fsp3) is 0.529. The van der Waals surface area contributed by atoms with Gasteiger partial charge in [-0.15, -0.1) is 0 Å². The molecule has 142 valence electrons. The molecule has 8 heteroatoms. The summed E-state index contributed by atoms with van der Waals surface area (Å²) in [7, 11) is -2.20. The van der Waals surface area contributed by atoms with Crippen LogP contribution in [0.1, 0.15) is 31.9 Å². The molecule has 0 aliphatic carbocycles. The molecule has 0 amide bonds. The van der Waals surface area contributed by atoms with Crippen molar-refractivity contribution in [2.24, 2.45) is 0 Å². The van der Waals surface area contributed by atoms with Gasteiger partial charge in [0.1, 0.15) is 6.10 Å². The van der Waals surface area contributed by atoms with Gasteiger partial charge in [0.2, 0.25) is 3.79 Å². The first-order valence-electron chi connectivity index (χ1n) is 7.64. The van der Waals surface area contributed by atoms with Crippen molar-refractivity contribution in [2.75, 3.05) is 0 Å². The highest BCUT2D eigenvalue weighted by molar-refractivity contribution is 6.74. The van der Waals surface area contributed by atoms with Crippen molar-refractivity contribution in [3.8, 4) is 0 Å². The number of alkyl halides is 6. The van der Waals surface area contributed by atoms with Crippen molar-refractivity contribution in [3.63, 3.8) is 0 Å². The molecule has 0 saturated heterocycles. The molecule has 0 fully saturated rings. The topological polar surface area (TPSA) is 9.23 Å². The van der Waals surface area contributed by atoms with Crippen LogP contribution in [0.2, 0.25) is 18.1 Å². The Hall–Kier alpha value is -0.203. The normalized spacial score (nSPS) is 15.6. The molecule has 25 heavy (non-hydrogen) atoms. The monoisotopic (exact) mass is 432 g/mol. The van der Waals surface area contributed by atoms with E-state index in [1.807, 2.05) is 13.1 Å². The third kappa shape index (κ3) is 6.79. The Balaban J connectivity index is 3.02. The van der Waals surface area contributed by atoms with Crippen molar-refractivity contribution in [2.45, 2.75) is 55.0 Å². The molecule has 0 aliphatic rings. The number of hydrogen-bond acceptors (Lipinski definition) is 1. The van der Waals surface area contributed by atoms with E-state index in [0.717, 1.165) is 12.1 Å². The van der Waals surface area contributed by atoms with E-state index in [-0.39, 0.29) is 5.04 Å². The van der Waals surface area contributed by atoms with Gasteiger partial charge in [-0.05, 0) is 35.8 Å². The molecular weight excluding hydrogens is 412 g/mol. The molecule has 1 atom stereocenters. The van der Waals surface area contributed by atoms with Crippen LogP contribution < -0.4 is 0 Å². The second kappa shape index (κ2) is 7.81. The van der Waals surface area contributed by atoms with E-state index in [0.29, 0.717) is 5.56 Å². The summed E-state index contributed by atoms with van der Waals surface area (Å²) in [6, 6.07) is 4.75. The highest BCUT2D eigenvalue weighted by atomic mass is 35.6. The Bertz CT molecular complexity index is 600. The summed E-state index contributed by atoms with van der Waals surface area (Å²) < 4.78 is 42.3. The number of benzene rings is 1. The quantitative estimate of drug-likeness (QED) is 0.353. The van der Waals surface area contributed by atoms with Gasteiger partial charge in [0.25, 0.3) is 0 Å². The van der Waals surface area contributed by atoms with Crippen molar-refractivity contribution in [1.29, 1.82) is 0 Å². The molecule has 0 bridgehead atoms. The van der Waals surface area contributed by atoms with Crippen LogP contribution in [0.15, 0.2) is 30.3 Å². The maximum atomic E-state index is 12.6. The smallest absolute Gasteiger partial charge is 0.406 e. The Morgan fingerprint density at radius 1 is 1.00 bits per heavy atom. The second-order valence-corrected chi connectivity index (χ2v) is 14.4. The third-order valence-electron chi connectivity index (χ3n) is 4.25. The first-order chi connectivity index (χ1) is 11.0. The van der Waals surface area contributed by atoms with E-state index in [2.05, 4.69) is 20.8 Å². The maximum Gasteiger partial charge on any atom is 0.416 e. The average molecular weight is 434 g/mol. The average Bonchev–Trinajstić information content (AvgIpc) is 2.40. The molecule has 0 unspecified atom stereocenters. The summed E-state index contributed by atoms with van der Waals surface area (Å²) in [5.74, 6) is 0. The van der Waals surface area contributed by atoms with Gasteiger partial charge in [-0.2, -0.15) is 13.2 Å². The molecule has 0 saturated carbocycles. The van der Waals surface area contributed by atoms with Gasteiger partial charge in [0, 0.05) is 0 Å². The van der Waals surface area contributed by atoms with Crippen LogP contribution >= 0.6 is 34.8 Å². The predicted molar refractivity (Wildman–Crippen MR) is 103 cm³/mol. The SMILES string of the molecule is CC(C)(C)[Si](C)(C)O[C@H](/C=C/c1ccc(C(F)(F)F)cc1)C(Cl)(Cl)Cl. The molecule has 1 rings (SSSR count). The van der Waals surface area contributed by atoms with E-state index < -0.39 is 30.0 Å². The molecule has 0 aromatic heterocycles. The fourth-order valence-electron chi connectivity index (χ4n) is 1.69. The van der Waals surface area contributed by atoms with Crippen LogP contribution in [0, 0.1) is 0 Å². The number of rotatable bonds is 4. The van der Waals surface area contributed by atoms with E-state index >= 15 is 0 Å². The second-order valence-electron chi connectivity index (χ2n) is 7.32. The summed E-state index contributed by atoms with van der Waals surface area (Å²) in [5, 5.41) is -0.0800. The molecule has 0 aliphatic heterocycles. The molecule has 0 heterocycles. The van der Waals surface area contributed by atoms with E-state index in [1.54, 1.807) is 12.2 Å². The van der Waals surface area contributed by atoms with Crippen molar-refractivity contribution >= 4 is 49.2 Å². The molecule has 0 N–H and O–H groups in total. The van der Waals surface area contributed by atoms with Crippen LogP contribution in [0.5, 0.6) is 0 Å². The highest BCUT2D eigenvalue weighted by Crippen LogP contribution is 2.42. The van der Waals surface area contributed by atoms with Gasteiger partial charge in [-0.25, -0.2) is 0 Å². The Morgan fingerprint density at radius 2 is 1.48 bits per heavy atom. The largest absolute Gasteiger partial charge is 0.416 e. The maximum absolute atomic E-state index is 12.6. The summed E-state index contributed by atoms with van der Waals surface area (Å²) in [6.45, 7) is 10.3. The van der Waals surface area contributed by atoms with Gasteiger partial charge >= 0.3 is 6.18 Å². The van der Waals surface area contributed by atoms with E-state index in [1.165, 1.54) is 12.1 Å². The lowest BCUT2D eigenvalue weighted by atomic mass is 10.1. The van der Waals surface area contributed by atoms with Crippen molar-refractivity contribution in [3.05, 3.63) is 41.5 Å². The van der Waals surface area contributed by atoms with Crippen molar-refractivity contribution in [1.82, 2.24) is 0 Å². The Kier molecular flexibility index (Phi) is 7.13. The minimum Gasteiger partial charge on any atom is -0.406 e. The van der Waals surface area contributed by atoms with E-state index in [9.17, 15) is 13.2 Å². The minimum atomic E-state index is -4.37. The van der Waals surface area contributed by atoms with Crippen LogP contribution in [0.25, 0.3) is 6.08 Å². The van der Waals surface area contributed by atoms with Crippen LogP contribution in [-0.4, -0.2) is 18.2 Å². The Morgan fingerprint density at radius 3 is 1.84 bits per heavy atom. The first-order valence-corrected chi connectivity index (χ1v) is 11.7. The number of halogens is 6.